The van der Waals surface area contributed by atoms with E-state index < -0.39 is 12.2 Å². The maximum Gasteiger partial charge on any atom is 0.175 e. The summed E-state index contributed by atoms with van der Waals surface area (Å²) in [5, 5.41) is 26.5. The lowest BCUT2D eigenvalue weighted by molar-refractivity contribution is 0.0163. The highest BCUT2D eigenvalue weighted by atomic mass is 16.6. The van der Waals surface area contributed by atoms with Crippen LogP contribution in [0.25, 0.3) is 0 Å². The van der Waals surface area contributed by atoms with Crippen molar-refractivity contribution in [3.8, 4) is 0 Å². The SMILES string of the molecule is Cc1ccc(/C=N/O[C@H](CO)c2ccccc2)cc1.Cc1ccc(/C=N/O[C@H](CO)c2ccccc2)cc1. The van der Waals surface area contributed by atoms with E-state index in [-0.39, 0.29) is 13.2 Å². The highest BCUT2D eigenvalue weighted by molar-refractivity contribution is 5.79. The van der Waals surface area contributed by atoms with E-state index in [9.17, 15) is 10.2 Å². The van der Waals surface area contributed by atoms with Crippen LogP contribution in [0.1, 0.15) is 45.6 Å². The zero-order valence-corrected chi connectivity index (χ0v) is 21.7. The zero-order chi connectivity index (χ0) is 27.0. The molecule has 2 N–H and O–H groups in total. The summed E-state index contributed by atoms with van der Waals surface area (Å²) < 4.78 is 0. The number of benzene rings is 4. The number of oxime groups is 2. The van der Waals surface area contributed by atoms with E-state index in [1.807, 2.05) is 123 Å². The molecule has 0 aromatic heterocycles. The van der Waals surface area contributed by atoms with Crippen LogP contribution in [0.15, 0.2) is 120 Å². The third-order valence-electron chi connectivity index (χ3n) is 5.61. The van der Waals surface area contributed by atoms with E-state index in [0.717, 1.165) is 22.3 Å². The molecular weight excluding hydrogens is 476 g/mol. The molecule has 0 saturated heterocycles. The molecule has 196 valence electrons. The Labute approximate surface area is 224 Å². The molecule has 0 spiro atoms. The van der Waals surface area contributed by atoms with Gasteiger partial charge in [0.25, 0.3) is 0 Å². The van der Waals surface area contributed by atoms with Crippen LogP contribution < -0.4 is 0 Å². The van der Waals surface area contributed by atoms with Gasteiger partial charge in [0.15, 0.2) is 12.2 Å². The first-order valence-electron chi connectivity index (χ1n) is 12.4. The van der Waals surface area contributed by atoms with Crippen molar-refractivity contribution < 1.29 is 19.9 Å². The topological polar surface area (TPSA) is 83.6 Å². The fourth-order valence-electron chi connectivity index (χ4n) is 3.37. The second kappa shape index (κ2) is 15.8. The average molecular weight is 511 g/mol. The predicted molar refractivity (Wildman–Crippen MR) is 152 cm³/mol. The van der Waals surface area contributed by atoms with E-state index in [4.69, 9.17) is 9.68 Å². The highest BCUT2D eigenvalue weighted by Gasteiger charge is 2.11. The smallest absolute Gasteiger partial charge is 0.175 e. The van der Waals surface area contributed by atoms with Crippen LogP contribution in [0.5, 0.6) is 0 Å². The van der Waals surface area contributed by atoms with Crippen molar-refractivity contribution in [1.29, 1.82) is 0 Å². The Morgan fingerprint density at radius 2 is 0.895 bits per heavy atom. The molecule has 0 unspecified atom stereocenters. The number of rotatable bonds is 10. The predicted octanol–water partition coefficient (Wildman–Crippen LogP) is 6.16. The van der Waals surface area contributed by atoms with Crippen LogP contribution in [0.3, 0.4) is 0 Å². The van der Waals surface area contributed by atoms with Crippen molar-refractivity contribution in [1.82, 2.24) is 0 Å². The van der Waals surface area contributed by atoms with Crippen molar-refractivity contribution in [2.24, 2.45) is 10.3 Å². The molecule has 0 bridgehead atoms. The summed E-state index contributed by atoms with van der Waals surface area (Å²) in [7, 11) is 0. The summed E-state index contributed by atoms with van der Waals surface area (Å²) >= 11 is 0. The molecule has 0 aliphatic heterocycles. The van der Waals surface area contributed by atoms with E-state index in [1.165, 1.54) is 11.1 Å². The van der Waals surface area contributed by atoms with Gasteiger partial charge in [0.1, 0.15) is 0 Å². The molecule has 4 rings (SSSR count). The summed E-state index contributed by atoms with van der Waals surface area (Å²) in [6.07, 6.45) is 2.43. The first-order chi connectivity index (χ1) is 18.6. The molecule has 4 aromatic carbocycles. The minimum atomic E-state index is -0.428. The molecule has 0 aliphatic rings. The second-order valence-electron chi connectivity index (χ2n) is 8.67. The average Bonchev–Trinajstić information content (AvgIpc) is 2.97. The first-order valence-corrected chi connectivity index (χ1v) is 12.4. The van der Waals surface area contributed by atoms with Gasteiger partial charge >= 0.3 is 0 Å². The maximum atomic E-state index is 9.31. The molecule has 0 aliphatic carbocycles. The molecule has 6 nitrogen and oxygen atoms in total. The minimum Gasteiger partial charge on any atom is -0.392 e. The molecule has 0 saturated carbocycles. The zero-order valence-electron chi connectivity index (χ0n) is 21.7. The second-order valence-corrected chi connectivity index (χ2v) is 8.67. The summed E-state index contributed by atoms with van der Waals surface area (Å²) in [4.78, 5) is 10.7. The third kappa shape index (κ3) is 9.65. The van der Waals surface area contributed by atoms with Gasteiger partial charge in [-0.15, -0.1) is 0 Å². The van der Waals surface area contributed by atoms with Crippen molar-refractivity contribution in [3.63, 3.8) is 0 Å². The van der Waals surface area contributed by atoms with Gasteiger partial charge in [-0.1, -0.05) is 131 Å². The minimum absolute atomic E-state index is 0.102. The highest BCUT2D eigenvalue weighted by Crippen LogP contribution is 2.17. The Bertz CT molecular complexity index is 1140. The lowest BCUT2D eigenvalue weighted by atomic mass is 10.1. The van der Waals surface area contributed by atoms with Crippen LogP contribution in [-0.2, 0) is 9.68 Å². The fourth-order valence-corrected chi connectivity index (χ4v) is 3.37. The first kappa shape index (κ1) is 28.3. The van der Waals surface area contributed by atoms with Crippen molar-refractivity contribution in [2.45, 2.75) is 26.1 Å². The molecule has 0 fully saturated rings. The van der Waals surface area contributed by atoms with Gasteiger partial charge in [-0.2, -0.15) is 0 Å². The Kier molecular flexibility index (Phi) is 11.7. The molecule has 2 atom stereocenters. The van der Waals surface area contributed by atoms with Gasteiger partial charge in [0, 0.05) is 0 Å². The van der Waals surface area contributed by atoms with Crippen molar-refractivity contribution in [3.05, 3.63) is 143 Å². The van der Waals surface area contributed by atoms with Crippen LogP contribution in [0.4, 0.5) is 0 Å². The standard InChI is InChI=1S/2C16H17NO2/c2*1-13-7-9-14(10-8-13)11-17-19-16(12-18)15-5-3-2-4-6-15/h2*2-11,16,18H,12H2,1H3/b2*17-11+/t2*16-/m11/s1. The van der Waals surface area contributed by atoms with Gasteiger partial charge < -0.3 is 19.9 Å². The van der Waals surface area contributed by atoms with Crippen LogP contribution in [0, 0.1) is 13.8 Å². The maximum absolute atomic E-state index is 9.31. The van der Waals surface area contributed by atoms with E-state index >= 15 is 0 Å². The van der Waals surface area contributed by atoms with Crippen LogP contribution in [-0.4, -0.2) is 35.9 Å². The Morgan fingerprint density at radius 3 is 1.21 bits per heavy atom. The molecule has 4 aromatic rings. The quantitative estimate of drug-likeness (QED) is 0.198. The lowest BCUT2D eigenvalue weighted by Gasteiger charge is -2.11. The van der Waals surface area contributed by atoms with E-state index in [0.29, 0.717) is 0 Å². The monoisotopic (exact) mass is 510 g/mol. The Morgan fingerprint density at radius 1 is 0.553 bits per heavy atom. The molecule has 0 heterocycles. The summed E-state index contributed by atoms with van der Waals surface area (Å²) in [5.41, 5.74) is 6.16. The fraction of sp³-hybridized carbons (Fsp3) is 0.188. The molecule has 38 heavy (non-hydrogen) atoms. The molecule has 6 heteroatoms. The number of aliphatic hydroxyl groups is 2. The van der Waals surface area contributed by atoms with Crippen LogP contribution in [0.2, 0.25) is 0 Å². The molecule has 0 amide bonds. The summed E-state index contributed by atoms with van der Waals surface area (Å²) in [6, 6.07) is 35.0. The van der Waals surface area contributed by atoms with Gasteiger partial charge in [-0.05, 0) is 36.1 Å². The molecule has 0 radical (unpaired) electrons. The number of hydrogen-bond acceptors (Lipinski definition) is 6. The van der Waals surface area contributed by atoms with Crippen molar-refractivity contribution >= 4 is 12.4 Å². The Balaban J connectivity index is 0.000000211. The van der Waals surface area contributed by atoms with Crippen LogP contribution >= 0.6 is 0 Å². The van der Waals surface area contributed by atoms with Gasteiger partial charge in [0.2, 0.25) is 0 Å². The Hall–Kier alpha value is -4.26. The number of nitrogens with zero attached hydrogens (tertiary/aromatic N) is 2. The van der Waals surface area contributed by atoms with E-state index in [2.05, 4.69) is 10.3 Å². The summed E-state index contributed by atoms with van der Waals surface area (Å²) in [6.45, 7) is 3.87. The van der Waals surface area contributed by atoms with Gasteiger partial charge in [-0.3, -0.25) is 0 Å². The number of aliphatic hydroxyl groups excluding tert-OH is 2. The van der Waals surface area contributed by atoms with Gasteiger partial charge in [0.05, 0.1) is 25.6 Å². The largest absolute Gasteiger partial charge is 0.392 e. The number of hydrogen-bond donors (Lipinski definition) is 2. The van der Waals surface area contributed by atoms with Crippen molar-refractivity contribution in [2.75, 3.05) is 13.2 Å². The van der Waals surface area contributed by atoms with Gasteiger partial charge in [-0.25, -0.2) is 0 Å². The third-order valence-corrected chi connectivity index (χ3v) is 5.61. The molecular formula is C32H34N2O4. The number of aryl methyl sites for hydroxylation is 2. The summed E-state index contributed by atoms with van der Waals surface area (Å²) in [5.74, 6) is 0. The van der Waals surface area contributed by atoms with E-state index in [1.54, 1.807) is 12.4 Å². The lowest BCUT2D eigenvalue weighted by Crippen LogP contribution is -2.05. The normalized spacial score (nSPS) is 12.5.